The highest BCUT2D eigenvalue weighted by Gasteiger charge is 2.06. The summed E-state index contributed by atoms with van der Waals surface area (Å²) in [6.07, 6.45) is 1.79. The Morgan fingerprint density at radius 3 is 2.67 bits per heavy atom. The van der Waals surface area contributed by atoms with Crippen LogP contribution in [0.5, 0.6) is 11.5 Å². The van der Waals surface area contributed by atoms with Crippen molar-refractivity contribution in [1.29, 1.82) is 0 Å². The summed E-state index contributed by atoms with van der Waals surface area (Å²) in [6.45, 7) is 3.94. The lowest BCUT2D eigenvalue weighted by Gasteiger charge is -2.09. The molecule has 18 heavy (non-hydrogen) atoms. The zero-order valence-corrected chi connectivity index (χ0v) is 10.6. The van der Waals surface area contributed by atoms with Gasteiger partial charge in [0, 0.05) is 0 Å². The lowest BCUT2D eigenvalue weighted by molar-refractivity contribution is 0.169. The van der Waals surface area contributed by atoms with Crippen molar-refractivity contribution in [3.8, 4) is 11.5 Å². The van der Waals surface area contributed by atoms with Crippen LogP contribution in [0, 0.1) is 6.92 Å². The molecule has 0 fully saturated rings. The number of hydrogen-bond acceptors (Lipinski definition) is 3. The normalized spacial score (nSPS) is 12.2. The number of aryl methyl sites for hydroxylation is 1. The molecule has 0 aliphatic rings. The molecular weight excluding hydrogens is 226 g/mol. The van der Waals surface area contributed by atoms with E-state index >= 15 is 0 Å². The predicted molar refractivity (Wildman–Crippen MR) is 70.7 cm³/mol. The molecule has 1 atom stereocenters. The van der Waals surface area contributed by atoms with Gasteiger partial charge in [-0.1, -0.05) is 19.1 Å². The first-order valence-electron chi connectivity index (χ1n) is 6.07. The highest BCUT2D eigenvalue weighted by atomic mass is 16.5. The standard InChI is InChI=1S/C15H17NO2/c1-3-15(17)14-8-7-13(10-16-14)18-12-6-4-5-11(2)9-12/h4-10,15,17H,3H2,1-2H3. The fourth-order valence-corrected chi connectivity index (χ4v) is 1.67. The number of aliphatic hydroxyl groups excluding tert-OH is 1. The van der Waals surface area contributed by atoms with E-state index in [-0.39, 0.29) is 0 Å². The maximum absolute atomic E-state index is 9.64. The maximum atomic E-state index is 9.64. The molecule has 0 bridgehead atoms. The lowest BCUT2D eigenvalue weighted by atomic mass is 10.2. The van der Waals surface area contributed by atoms with E-state index in [2.05, 4.69) is 4.98 Å². The molecule has 0 saturated carbocycles. The SMILES string of the molecule is CCC(O)c1ccc(Oc2cccc(C)c2)cn1. The van der Waals surface area contributed by atoms with E-state index in [4.69, 9.17) is 4.74 Å². The summed E-state index contributed by atoms with van der Waals surface area (Å²) in [4.78, 5) is 4.19. The molecular formula is C15H17NO2. The molecule has 2 aromatic rings. The molecule has 0 aliphatic carbocycles. The molecule has 1 N–H and O–H groups in total. The Labute approximate surface area is 107 Å². The summed E-state index contributed by atoms with van der Waals surface area (Å²) in [5.41, 5.74) is 1.83. The van der Waals surface area contributed by atoms with Crippen LogP contribution in [-0.4, -0.2) is 10.1 Å². The van der Waals surface area contributed by atoms with E-state index in [1.54, 1.807) is 12.3 Å². The van der Waals surface area contributed by atoms with Crippen molar-refractivity contribution < 1.29 is 9.84 Å². The van der Waals surface area contributed by atoms with Crippen LogP contribution < -0.4 is 4.74 Å². The Balaban J connectivity index is 2.11. The van der Waals surface area contributed by atoms with E-state index in [0.29, 0.717) is 17.9 Å². The second kappa shape index (κ2) is 5.65. The molecule has 1 heterocycles. The molecule has 1 aromatic carbocycles. The van der Waals surface area contributed by atoms with Crippen molar-refractivity contribution in [1.82, 2.24) is 4.98 Å². The molecule has 2 rings (SSSR count). The van der Waals surface area contributed by atoms with E-state index in [0.717, 1.165) is 11.3 Å². The second-order valence-corrected chi connectivity index (χ2v) is 4.26. The maximum Gasteiger partial charge on any atom is 0.145 e. The Hall–Kier alpha value is -1.87. The summed E-state index contributed by atoms with van der Waals surface area (Å²) in [7, 11) is 0. The third-order valence-corrected chi connectivity index (χ3v) is 2.71. The van der Waals surface area contributed by atoms with E-state index in [1.807, 2.05) is 44.2 Å². The van der Waals surface area contributed by atoms with E-state index in [9.17, 15) is 5.11 Å². The Kier molecular flexibility index (Phi) is 3.95. The Morgan fingerprint density at radius 2 is 2.06 bits per heavy atom. The zero-order chi connectivity index (χ0) is 13.0. The van der Waals surface area contributed by atoms with Gasteiger partial charge in [-0.05, 0) is 43.2 Å². The predicted octanol–water partition coefficient (Wildman–Crippen LogP) is 3.63. The third-order valence-electron chi connectivity index (χ3n) is 2.71. The number of hydrogen-bond donors (Lipinski definition) is 1. The monoisotopic (exact) mass is 243 g/mol. The Morgan fingerprint density at radius 1 is 1.22 bits per heavy atom. The number of rotatable bonds is 4. The fourth-order valence-electron chi connectivity index (χ4n) is 1.67. The molecule has 1 unspecified atom stereocenters. The summed E-state index contributed by atoms with van der Waals surface area (Å²) < 4.78 is 5.68. The number of aromatic nitrogens is 1. The first kappa shape index (κ1) is 12.6. The first-order chi connectivity index (χ1) is 8.69. The van der Waals surface area contributed by atoms with Crippen molar-refractivity contribution >= 4 is 0 Å². The summed E-state index contributed by atoms with van der Waals surface area (Å²) in [6, 6.07) is 11.5. The van der Waals surface area contributed by atoms with Crippen molar-refractivity contribution in [2.24, 2.45) is 0 Å². The molecule has 1 aromatic heterocycles. The summed E-state index contributed by atoms with van der Waals surface area (Å²) in [5, 5.41) is 9.64. The minimum Gasteiger partial charge on any atom is -0.456 e. The zero-order valence-electron chi connectivity index (χ0n) is 10.6. The average Bonchev–Trinajstić information content (AvgIpc) is 2.39. The van der Waals surface area contributed by atoms with Crippen LogP contribution >= 0.6 is 0 Å². The molecule has 0 amide bonds. The molecule has 0 spiro atoms. The minimum atomic E-state index is -0.502. The smallest absolute Gasteiger partial charge is 0.145 e. The fraction of sp³-hybridized carbons (Fsp3) is 0.267. The number of pyridine rings is 1. The van der Waals surface area contributed by atoms with Crippen molar-refractivity contribution in [3.05, 3.63) is 53.9 Å². The van der Waals surface area contributed by atoms with Crippen LogP contribution in [0.1, 0.15) is 30.7 Å². The minimum absolute atomic E-state index is 0.502. The van der Waals surface area contributed by atoms with E-state index in [1.165, 1.54) is 0 Å². The van der Waals surface area contributed by atoms with Crippen molar-refractivity contribution in [2.75, 3.05) is 0 Å². The van der Waals surface area contributed by atoms with Crippen LogP contribution in [0.25, 0.3) is 0 Å². The second-order valence-electron chi connectivity index (χ2n) is 4.26. The molecule has 3 heteroatoms. The largest absolute Gasteiger partial charge is 0.456 e. The van der Waals surface area contributed by atoms with Gasteiger partial charge in [0.25, 0.3) is 0 Å². The van der Waals surface area contributed by atoms with Crippen LogP contribution in [0.15, 0.2) is 42.6 Å². The summed E-state index contributed by atoms with van der Waals surface area (Å²) >= 11 is 0. The van der Waals surface area contributed by atoms with Gasteiger partial charge in [-0.25, -0.2) is 0 Å². The Bertz CT molecular complexity index is 508. The van der Waals surface area contributed by atoms with Gasteiger partial charge in [0.05, 0.1) is 18.0 Å². The quantitative estimate of drug-likeness (QED) is 0.891. The van der Waals surface area contributed by atoms with Gasteiger partial charge < -0.3 is 9.84 Å². The number of benzene rings is 1. The molecule has 0 saturated heterocycles. The van der Waals surface area contributed by atoms with Gasteiger partial charge in [0.1, 0.15) is 11.5 Å². The molecule has 94 valence electrons. The number of ether oxygens (including phenoxy) is 1. The number of nitrogens with zero attached hydrogens (tertiary/aromatic N) is 1. The topological polar surface area (TPSA) is 42.4 Å². The van der Waals surface area contributed by atoms with Crippen LogP contribution in [-0.2, 0) is 0 Å². The van der Waals surface area contributed by atoms with Crippen LogP contribution in [0.4, 0.5) is 0 Å². The van der Waals surface area contributed by atoms with Crippen LogP contribution in [0.2, 0.25) is 0 Å². The first-order valence-corrected chi connectivity index (χ1v) is 6.07. The van der Waals surface area contributed by atoms with Gasteiger partial charge in [0.2, 0.25) is 0 Å². The van der Waals surface area contributed by atoms with Crippen molar-refractivity contribution in [2.45, 2.75) is 26.4 Å². The van der Waals surface area contributed by atoms with Crippen LogP contribution in [0.3, 0.4) is 0 Å². The van der Waals surface area contributed by atoms with Gasteiger partial charge in [-0.15, -0.1) is 0 Å². The van der Waals surface area contributed by atoms with Gasteiger partial charge in [0.15, 0.2) is 0 Å². The highest BCUT2D eigenvalue weighted by molar-refractivity contribution is 5.32. The number of aliphatic hydroxyl groups is 1. The van der Waals surface area contributed by atoms with Gasteiger partial charge in [-0.2, -0.15) is 0 Å². The molecule has 3 nitrogen and oxygen atoms in total. The molecule has 0 radical (unpaired) electrons. The van der Waals surface area contributed by atoms with Crippen molar-refractivity contribution in [3.63, 3.8) is 0 Å². The van der Waals surface area contributed by atoms with Gasteiger partial charge in [-0.3, -0.25) is 4.98 Å². The molecule has 0 aliphatic heterocycles. The average molecular weight is 243 g/mol. The summed E-state index contributed by atoms with van der Waals surface area (Å²) in [5.74, 6) is 1.47. The third kappa shape index (κ3) is 3.08. The highest BCUT2D eigenvalue weighted by Crippen LogP contribution is 2.23. The lowest BCUT2D eigenvalue weighted by Crippen LogP contribution is -1.98. The van der Waals surface area contributed by atoms with E-state index < -0.39 is 6.10 Å². The van der Waals surface area contributed by atoms with Gasteiger partial charge >= 0.3 is 0 Å².